The molecule has 0 fully saturated rings. The maximum absolute atomic E-state index is 12.7. The fourth-order valence-electron chi connectivity index (χ4n) is 2.62. The quantitative estimate of drug-likeness (QED) is 0.548. The van der Waals surface area contributed by atoms with Crippen molar-refractivity contribution in [1.82, 2.24) is 10.3 Å². The summed E-state index contributed by atoms with van der Waals surface area (Å²) in [5.74, 6) is -4.49. The molecule has 0 saturated carbocycles. The number of benzene rings is 1. The summed E-state index contributed by atoms with van der Waals surface area (Å²) in [4.78, 5) is 52.8. The number of fused-ring (bicyclic) bond motifs is 1. The van der Waals surface area contributed by atoms with Crippen molar-refractivity contribution >= 4 is 34.7 Å². The van der Waals surface area contributed by atoms with Crippen molar-refractivity contribution in [2.75, 3.05) is 21.3 Å². The minimum absolute atomic E-state index is 0.175. The third-order valence-electron chi connectivity index (χ3n) is 4.11. The highest BCUT2D eigenvalue weighted by Gasteiger charge is 2.38. The summed E-state index contributed by atoms with van der Waals surface area (Å²) >= 11 is 0. The molecule has 2 aromatic rings. The largest absolute Gasteiger partial charge is 0.469 e. The topological polar surface area (TPSA) is 121 Å². The van der Waals surface area contributed by atoms with Crippen molar-refractivity contribution in [2.24, 2.45) is 5.92 Å². The van der Waals surface area contributed by atoms with Crippen LogP contribution in [0.15, 0.2) is 36.5 Å². The molecule has 2 atom stereocenters. The molecular weight excluding hydrogens is 368 g/mol. The number of methoxy groups -OCH3 is 3. The number of esters is 3. The molecule has 0 radical (unpaired) electrons. The molecule has 1 heterocycles. The van der Waals surface area contributed by atoms with E-state index in [2.05, 4.69) is 24.5 Å². The van der Waals surface area contributed by atoms with Crippen LogP contribution < -0.4 is 5.32 Å². The Kier molecular flexibility index (Phi) is 7.02. The van der Waals surface area contributed by atoms with Crippen LogP contribution in [0.3, 0.4) is 0 Å². The average molecular weight is 388 g/mol. The normalized spacial score (nSPS) is 12.5. The first-order valence-electron chi connectivity index (χ1n) is 8.29. The Labute approximate surface area is 161 Å². The van der Waals surface area contributed by atoms with E-state index in [-0.39, 0.29) is 5.56 Å². The van der Waals surface area contributed by atoms with Crippen LogP contribution in [0.2, 0.25) is 0 Å². The van der Waals surface area contributed by atoms with Crippen molar-refractivity contribution in [2.45, 2.75) is 12.5 Å². The van der Waals surface area contributed by atoms with Gasteiger partial charge in [0, 0.05) is 11.6 Å². The minimum atomic E-state index is -1.45. The molecule has 2 rings (SSSR count). The number of carbonyl (C=O) groups is 4. The molecule has 28 heavy (non-hydrogen) atoms. The fraction of sp³-hybridized carbons (Fsp3) is 0.316. The maximum atomic E-state index is 12.7. The van der Waals surface area contributed by atoms with Gasteiger partial charge in [0.1, 0.15) is 6.04 Å². The SMILES string of the molecule is COC(=O)C[C@H](C(=O)OC)[C@@H](NC(=O)c1cnc2ccccc2c1)C(=O)OC. The molecule has 0 aliphatic carbocycles. The second-order valence-electron chi connectivity index (χ2n) is 5.80. The molecule has 0 unspecified atom stereocenters. The number of hydrogen-bond acceptors (Lipinski definition) is 8. The Balaban J connectivity index is 2.32. The van der Waals surface area contributed by atoms with Crippen LogP contribution >= 0.6 is 0 Å². The number of pyridine rings is 1. The van der Waals surface area contributed by atoms with Crippen LogP contribution in [0.4, 0.5) is 0 Å². The zero-order valence-corrected chi connectivity index (χ0v) is 15.6. The molecule has 0 bridgehead atoms. The van der Waals surface area contributed by atoms with E-state index < -0.39 is 42.2 Å². The van der Waals surface area contributed by atoms with Gasteiger partial charge in [-0.1, -0.05) is 18.2 Å². The van der Waals surface area contributed by atoms with E-state index in [1.54, 1.807) is 24.3 Å². The van der Waals surface area contributed by atoms with Gasteiger partial charge in [-0.05, 0) is 12.1 Å². The van der Waals surface area contributed by atoms with Crippen molar-refractivity contribution in [3.8, 4) is 0 Å². The van der Waals surface area contributed by atoms with Crippen LogP contribution in [0.1, 0.15) is 16.8 Å². The molecule has 0 spiro atoms. The van der Waals surface area contributed by atoms with E-state index in [4.69, 9.17) is 0 Å². The summed E-state index contributed by atoms with van der Waals surface area (Å²) in [6.45, 7) is 0. The molecule has 1 amide bonds. The van der Waals surface area contributed by atoms with Gasteiger partial charge in [0.15, 0.2) is 0 Å². The number of para-hydroxylation sites is 1. The average Bonchev–Trinajstić information content (AvgIpc) is 2.74. The number of ether oxygens (including phenoxy) is 3. The lowest BCUT2D eigenvalue weighted by Gasteiger charge is -2.23. The van der Waals surface area contributed by atoms with Crippen molar-refractivity contribution < 1.29 is 33.4 Å². The Morgan fingerprint density at radius 1 is 1.00 bits per heavy atom. The third kappa shape index (κ3) is 4.81. The van der Waals surface area contributed by atoms with Gasteiger partial charge in [-0.3, -0.25) is 19.4 Å². The lowest BCUT2D eigenvalue weighted by Crippen LogP contribution is -2.50. The molecule has 0 aliphatic heterocycles. The number of nitrogens with zero attached hydrogens (tertiary/aromatic N) is 1. The molecule has 0 aliphatic rings. The zero-order chi connectivity index (χ0) is 20.7. The number of aromatic nitrogens is 1. The molecule has 1 aromatic heterocycles. The van der Waals surface area contributed by atoms with Crippen LogP contribution in [0.5, 0.6) is 0 Å². The molecule has 9 heteroatoms. The lowest BCUT2D eigenvalue weighted by atomic mass is 9.95. The third-order valence-corrected chi connectivity index (χ3v) is 4.11. The first-order chi connectivity index (χ1) is 13.4. The smallest absolute Gasteiger partial charge is 0.329 e. The van der Waals surface area contributed by atoms with Crippen molar-refractivity contribution in [3.63, 3.8) is 0 Å². The summed E-state index contributed by atoms with van der Waals surface area (Å²) in [5.41, 5.74) is 0.871. The number of amides is 1. The van der Waals surface area contributed by atoms with Crippen LogP contribution in [-0.2, 0) is 28.6 Å². The Bertz CT molecular complexity index is 897. The first kappa shape index (κ1) is 20.8. The summed E-state index contributed by atoms with van der Waals surface area (Å²) < 4.78 is 13.9. The Hall–Kier alpha value is -3.49. The molecule has 0 saturated heterocycles. The summed E-state index contributed by atoms with van der Waals surface area (Å²) in [7, 11) is 3.35. The van der Waals surface area contributed by atoms with Gasteiger partial charge in [-0.2, -0.15) is 0 Å². The number of hydrogen-bond donors (Lipinski definition) is 1. The van der Waals surface area contributed by atoms with E-state index in [0.29, 0.717) is 5.52 Å². The highest BCUT2D eigenvalue weighted by Crippen LogP contribution is 2.17. The van der Waals surface area contributed by atoms with Gasteiger partial charge in [0.25, 0.3) is 5.91 Å². The van der Waals surface area contributed by atoms with E-state index in [9.17, 15) is 19.2 Å². The second-order valence-corrected chi connectivity index (χ2v) is 5.80. The van der Waals surface area contributed by atoms with Crippen LogP contribution in [0.25, 0.3) is 10.9 Å². The van der Waals surface area contributed by atoms with Gasteiger partial charge in [-0.15, -0.1) is 0 Å². The fourth-order valence-corrected chi connectivity index (χ4v) is 2.62. The number of carbonyl (C=O) groups excluding carboxylic acids is 4. The Morgan fingerprint density at radius 3 is 2.32 bits per heavy atom. The lowest BCUT2D eigenvalue weighted by molar-refractivity contribution is -0.158. The molecular formula is C19H20N2O7. The van der Waals surface area contributed by atoms with Gasteiger partial charge in [0.2, 0.25) is 0 Å². The van der Waals surface area contributed by atoms with E-state index in [0.717, 1.165) is 26.7 Å². The maximum Gasteiger partial charge on any atom is 0.329 e. The van der Waals surface area contributed by atoms with Crippen LogP contribution in [-0.4, -0.2) is 56.2 Å². The van der Waals surface area contributed by atoms with Gasteiger partial charge < -0.3 is 19.5 Å². The van der Waals surface area contributed by atoms with E-state index in [1.807, 2.05) is 6.07 Å². The summed E-state index contributed by atoms with van der Waals surface area (Å²) in [5, 5.41) is 3.16. The van der Waals surface area contributed by atoms with Crippen molar-refractivity contribution in [3.05, 3.63) is 42.1 Å². The van der Waals surface area contributed by atoms with E-state index >= 15 is 0 Å². The van der Waals surface area contributed by atoms with E-state index in [1.165, 1.54) is 6.20 Å². The molecule has 9 nitrogen and oxygen atoms in total. The number of rotatable bonds is 7. The number of nitrogens with one attached hydrogen (secondary N) is 1. The van der Waals surface area contributed by atoms with Gasteiger partial charge in [0.05, 0.1) is 44.7 Å². The first-order valence-corrected chi connectivity index (χ1v) is 8.29. The summed E-state index contributed by atoms with van der Waals surface area (Å²) in [6, 6.07) is 7.33. The zero-order valence-electron chi connectivity index (χ0n) is 15.6. The highest BCUT2D eigenvalue weighted by molar-refractivity contribution is 6.00. The summed E-state index contributed by atoms with van der Waals surface area (Å²) in [6.07, 6.45) is 0.874. The Morgan fingerprint density at radius 2 is 1.68 bits per heavy atom. The predicted molar refractivity (Wildman–Crippen MR) is 97.2 cm³/mol. The molecule has 148 valence electrons. The molecule has 1 N–H and O–H groups in total. The van der Waals surface area contributed by atoms with Crippen molar-refractivity contribution in [1.29, 1.82) is 0 Å². The highest BCUT2D eigenvalue weighted by atomic mass is 16.5. The predicted octanol–water partition coefficient (Wildman–Crippen LogP) is 0.858. The second kappa shape index (κ2) is 9.45. The van der Waals surface area contributed by atoms with Crippen LogP contribution in [0, 0.1) is 5.92 Å². The monoisotopic (exact) mass is 388 g/mol. The standard InChI is InChI=1S/C19H20N2O7/c1-26-15(22)9-13(18(24)27-2)16(19(25)28-3)21-17(23)12-8-11-6-4-5-7-14(11)20-10-12/h4-8,10,13,16H,9H2,1-3H3,(H,21,23)/t13-,16+/m0/s1. The van der Waals surface area contributed by atoms with Gasteiger partial charge >= 0.3 is 17.9 Å². The van der Waals surface area contributed by atoms with Gasteiger partial charge in [-0.25, -0.2) is 4.79 Å². The minimum Gasteiger partial charge on any atom is -0.469 e. The molecule has 1 aromatic carbocycles.